The number of hydrogen-bond acceptors (Lipinski definition) is 2. The third-order valence-electron chi connectivity index (χ3n) is 2.50. The van der Waals surface area contributed by atoms with E-state index in [9.17, 15) is 0 Å². The van der Waals surface area contributed by atoms with Crippen LogP contribution in [0.3, 0.4) is 0 Å². The molecule has 2 N–H and O–H groups in total. The Bertz CT molecular complexity index is 411. The van der Waals surface area contributed by atoms with Crippen LogP contribution in [0.5, 0.6) is 0 Å². The van der Waals surface area contributed by atoms with Crippen molar-refractivity contribution in [2.24, 2.45) is 10.9 Å². The summed E-state index contributed by atoms with van der Waals surface area (Å²) in [7, 11) is 0. The average molecular weight is 391 g/mol. The molecule has 0 aliphatic heterocycles. The average Bonchev–Trinajstić information content (AvgIpc) is 2.79. The Morgan fingerprint density at radius 3 is 2.85 bits per heavy atom. The fourth-order valence-corrected chi connectivity index (χ4v) is 1.71. The smallest absolute Gasteiger partial charge is 0.191 e. The van der Waals surface area contributed by atoms with E-state index in [4.69, 9.17) is 0 Å². The van der Waals surface area contributed by atoms with Gasteiger partial charge in [-0.2, -0.15) is 0 Å². The number of nitrogens with one attached hydrogen (secondary N) is 2. The van der Waals surface area contributed by atoms with Crippen molar-refractivity contribution in [2.45, 2.75) is 33.9 Å². The summed E-state index contributed by atoms with van der Waals surface area (Å²) in [5, 5.41) is 6.37. The Balaban J connectivity index is 0.00000361. The summed E-state index contributed by atoms with van der Waals surface area (Å²) in [4.78, 5) is 8.89. The van der Waals surface area contributed by atoms with E-state index in [1.807, 2.05) is 25.4 Å². The molecule has 0 fully saturated rings. The second-order valence-corrected chi connectivity index (χ2v) is 4.75. The monoisotopic (exact) mass is 391 g/mol. The molecular weight excluding hydrogens is 365 g/mol. The number of imidazole rings is 1. The molecule has 0 saturated carbocycles. The first kappa shape index (κ1) is 18.9. The van der Waals surface area contributed by atoms with E-state index in [-0.39, 0.29) is 24.0 Å². The number of halogens is 1. The molecule has 1 aromatic heterocycles. The lowest BCUT2D eigenvalue weighted by Crippen LogP contribution is -2.37. The van der Waals surface area contributed by atoms with Crippen LogP contribution in [-0.2, 0) is 13.1 Å². The molecule has 5 nitrogen and oxygen atoms in total. The molecule has 1 heterocycles. The second-order valence-electron chi connectivity index (χ2n) is 4.75. The maximum absolute atomic E-state index is 4.52. The van der Waals surface area contributed by atoms with Crippen LogP contribution < -0.4 is 10.6 Å². The fourth-order valence-electron chi connectivity index (χ4n) is 1.71. The minimum atomic E-state index is 0. The molecule has 0 aliphatic rings. The summed E-state index contributed by atoms with van der Waals surface area (Å²) in [6.45, 7) is 13.2. The van der Waals surface area contributed by atoms with Crippen LogP contribution >= 0.6 is 24.0 Å². The predicted molar refractivity (Wildman–Crippen MR) is 95.5 cm³/mol. The Morgan fingerprint density at radius 2 is 2.25 bits per heavy atom. The first-order valence-corrected chi connectivity index (χ1v) is 6.80. The Morgan fingerprint density at radius 1 is 1.50 bits per heavy atom. The van der Waals surface area contributed by atoms with E-state index >= 15 is 0 Å². The zero-order valence-corrected chi connectivity index (χ0v) is 14.9. The maximum atomic E-state index is 4.52. The number of aliphatic imine (C=N–C) groups is 1. The topological polar surface area (TPSA) is 54.2 Å². The molecule has 0 bridgehead atoms. The number of guanidine groups is 1. The molecule has 0 unspecified atom stereocenters. The molecule has 114 valence electrons. The maximum Gasteiger partial charge on any atom is 0.191 e. The summed E-state index contributed by atoms with van der Waals surface area (Å²) in [5.41, 5.74) is 0. The van der Waals surface area contributed by atoms with Crippen molar-refractivity contribution >= 4 is 29.9 Å². The fraction of sp³-hybridized carbons (Fsp3) is 0.571. The van der Waals surface area contributed by atoms with Crippen molar-refractivity contribution < 1.29 is 0 Å². The highest BCUT2D eigenvalue weighted by Gasteiger charge is 2.04. The van der Waals surface area contributed by atoms with Gasteiger partial charge in [-0.25, -0.2) is 9.98 Å². The lowest BCUT2D eigenvalue weighted by atomic mass is 10.2. The molecule has 0 aromatic carbocycles. The van der Waals surface area contributed by atoms with E-state index in [2.05, 4.69) is 45.6 Å². The van der Waals surface area contributed by atoms with Gasteiger partial charge in [-0.3, -0.25) is 0 Å². The molecule has 1 aromatic rings. The highest BCUT2D eigenvalue weighted by atomic mass is 127. The first-order valence-electron chi connectivity index (χ1n) is 6.80. The third-order valence-corrected chi connectivity index (χ3v) is 2.50. The van der Waals surface area contributed by atoms with Crippen molar-refractivity contribution in [3.05, 3.63) is 30.9 Å². The summed E-state index contributed by atoms with van der Waals surface area (Å²) < 4.78 is 2.16. The van der Waals surface area contributed by atoms with Gasteiger partial charge in [0.1, 0.15) is 12.4 Å². The molecule has 0 saturated heterocycles. The summed E-state index contributed by atoms with van der Waals surface area (Å²) >= 11 is 0. The standard InChI is InChI=1S/C14H25N5.HI/c1-5-7-17-14(15-6-2)18-10-13-16-8-9-19(13)11-12(3)4;/h5,8-9,12H,1,6-7,10-11H2,2-4H3,(H2,15,17,18);1H. The van der Waals surface area contributed by atoms with Gasteiger partial charge in [-0.1, -0.05) is 19.9 Å². The number of hydrogen-bond donors (Lipinski definition) is 2. The van der Waals surface area contributed by atoms with Gasteiger partial charge >= 0.3 is 0 Å². The summed E-state index contributed by atoms with van der Waals surface area (Å²) in [5.74, 6) is 2.38. The van der Waals surface area contributed by atoms with Crippen LogP contribution in [0, 0.1) is 5.92 Å². The van der Waals surface area contributed by atoms with Crippen LogP contribution in [0.2, 0.25) is 0 Å². The molecule has 1 rings (SSSR count). The zero-order chi connectivity index (χ0) is 14.1. The lowest BCUT2D eigenvalue weighted by molar-refractivity contribution is 0.507. The predicted octanol–water partition coefficient (Wildman–Crippen LogP) is 2.40. The van der Waals surface area contributed by atoms with Crippen molar-refractivity contribution in [2.75, 3.05) is 13.1 Å². The molecule has 0 atom stereocenters. The van der Waals surface area contributed by atoms with Gasteiger partial charge < -0.3 is 15.2 Å². The molecule has 6 heteroatoms. The van der Waals surface area contributed by atoms with Gasteiger partial charge in [0.15, 0.2) is 5.96 Å². The van der Waals surface area contributed by atoms with Crippen LogP contribution in [0.4, 0.5) is 0 Å². The normalized spacial score (nSPS) is 11.1. The van der Waals surface area contributed by atoms with Crippen LogP contribution in [-0.4, -0.2) is 28.6 Å². The van der Waals surface area contributed by atoms with Crippen LogP contribution in [0.25, 0.3) is 0 Å². The molecule has 0 amide bonds. The number of aromatic nitrogens is 2. The minimum absolute atomic E-state index is 0. The second kappa shape index (κ2) is 10.7. The van der Waals surface area contributed by atoms with Crippen LogP contribution in [0.1, 0.15) is 26.6 Å². The molecular formula is C14H26IN5. The molecule has 0 spiro atoms. The van der Waals surface area contributed by atoms with E-state index in [1.54, 1.807) is 0 Å². The van der Waals surface area contributed by atoms with E-state index in [0.717, 1.165) is 24.9 Å². The van der Waals surface area contributed by atoms with Crippen molar-refractivity contribution in [1.82, 2.24) is 20.2 Å². The third kappa shape index (κ3) is 6.93. The SMILES string of the molecule is C=CCNC(=NCc1nccn1CC(C)C)NCC.I. The first-order chi connectivity index (χ1) is 9.17. The van der Waals surface area contributed by atoms with Gasteiger partial charge in [0.2, 0.25) is 0 Å². The Labute approximate surface area is 139 Å². The van der Waals surface area contributed by atoms with Gasteiger partial charge in [0.25, 0.3) is 0 Å². The quantitative estimate of drug-likeness (QED) is 0.325. The van der Waals surface area contributed by atoms with Crippen LogP contribution in [0.15, 0.2) is 30.0 Å². The van der Waals surface area contributed by atoms with E-state index < -0.39 is 0 Å². The molecule has 0 aliphatic carbocycles. The van der Waals surface area contributed by atoms with Crippen molar-refractivity contribution in [1.29, 1.82) is 0 Å². The Kier molecular flexibility index (Phi) is 10.1. The zero-order valence-electron chi connectivity index (χ0n) is 12.6. The van der Waals surface area contributed by atoms with Gasteiger partial charge in [0, 0.05) is 32.0 Å². The van der Waals surface area contributed by atoms with Crippen molar-refractivity contribution in [3.8, 4) is 0 Å². The molecule has 20 heavy (non-hydrogen) atoms. The lowest BCUT2D eigenvalue weighted by Gasteiger charge is -2.11. The minimum Gasteiger partial charge on any atom is -0.357 e. The van der Waals surface area contributed by atoms with Gasteiger partial charge in [-0.15, -0.1) is 30.6 Å². The summed E-state index contributed by atoms with van der Waals surface area (Å²) in [6, 6.07) is 0. The van der Waals surface area contributed by atoms with E-state index in [0.29, 0.717) is 19.0 Å². The highest BCUT2D eigenvalue weighted by Crippen LogP contribution is 2.04. The highest BCUT2D eigenvalue weighted by molar-refractivity contribution is 14.0. The number of rotatable bonds is 7. The van der Waals surface area contributed by atoms with E-state index in [1.165, 1.54) is 0 Å². The van der Waals surface area contributed by atoms with Gasteiger partial charge in [0.05, 0.1) is 0 Å². The number of nitrogens with zero attached hydrogens (tertiary/aromatic N) is 3. The largest absolute Gasteiger partial charge is 0.357 e. The Hall–Kier alpha value is -1.05. The van der Waals surface area contributed by atoms with Crippen molar-refractivity contribution in [3.63, 3.8) is 0 Å². The molecule has 0 radical (unpaired) electrons. The summed E-state index contributed by atoms with van der Waals surface area (Å²) in [6.07, 6.45) is 5.65. The van der Waals surface area contributed by atoms with Gasteiger partial charge in [-0.05, 0) is 12.8 Å².